The molecule has 0 amide bonds. The molecule has 0 aliphatic rings. The summed E-state index contributed by atoms with van der Waals surface area (Å²) >= 11 is 0. The van der Waals surface area contributed by atoms with E-state index in [-0.39, 0.29) is 6.04 Å². The van der Waals surface area contributed by atoms with Gasteiger partial charge in [-0.2, -0.15) is 8.42 Å². The Morgan fingerprint density at radius 1 is 1.54 bits per heavy atom. The molecule has 0 aliphatic heterocycles. The van der Waals surface area contributed by atoms with Gasteiger partial charge in [0.25, 0.3) is 0 Å². The van der Waals surface area contributed by atoms with Crippen molar-refractivity contribution in [2.75, 3.05) is 0 Å². The Bertz CT molecular complexity index is 380. The largest absolute Gasteiger partial charge is 0.304 e. The summed E-state index contributed by atoms with van der Waals surface area (Å²) in [5.41, 5.74) is 0. The summed E-state index contributed by atoms with van der Waals surface area (Å²) in [5.74, 6) is -0.396. The first-order valence-corrected chi connectivity index (χ1v) is 5.51. The predicted octanol–water partition coefficient (Wildman–Crippen LogP) is 0.202. The predicted molar refractivity (Wildman–Crippen MR) is 46.6 cm³/mol. The van der Waals surface area contributed by atoms with Crippen molar-refractivity contribution in [3.05, 3.63) is 18.7 Å². The molecular formula is C7H13N2O3S+. The molecule has 0 fully saturated rings. The molecule has 0 atom stereocenters. The SMILES string of the molecule is CC(C)n1cc[n+](CS(=O)(=O)O)c1. The molecule has 13 heavy (non-hydrogen) atoms. The van der Waals surface area contributed by atoms with E-state index in [0.29, 0.717) is 0 Å². The maximum absolute atomic E-state index is 10.5. The zero-order valence-corrected chi connectivity index (χ0v) is 8.40. The van der Waals surface area contributed by atoms with Crippen molar-refractivity contribution in [2.24, 2.45) is 0 Å². The van der Waals surface area contributed by atoms with Crippen molar-refractivity contribution in [1.82, 2.24) is 4.57 Å². The van der Waals surface area contributed by atoms with Crippen molar-refractivity contribution >= 4 is 10.1 Å². The van der Waals surface area contributed by atoms with E-state index in [1.807, 2.05) is 18.4 Å². The molecule has 0 bridgehead atoms. The molecule has 0 aromatic carbocycles. The van der Waals surface area contributed by atoms with Gasteiger partial charge in [0, 0.05) is 0 Å². The second-order valence-electron chi connectivity index (χ2n) is 3.18. The lowest BCUT2D eigenvalue weighted by molar-refractivity contribution is -0.677. The molecule has 0 saturated heterocycles. The molecule has 0 radical (unpaired) electrons. The molecule has 74 valence electrons. The first kappa shape index (κ1) is 10.2. The number of aromatic nitrogens is 2. The van der Waals surface area contributed by atoms with Gasteiger partial charge in [0.1, 0.15) is 12.4 Å². The molecule has 0 saturated carbocycles. The topological polar surface area (TPSA) is 63.2 Å². The van der Waals surface area contributed by atoms with Gasteiger partial charge in [-0.25, -0.2) is 9.13 Å². The number of hydrogen-bond donors (Lipinski definition) is 1. The van der Waals surface area contributed by atoms with Crippen LogP contribution in [0.1, 0.15) is 19.9 Å². The number of hydrogen-bond acceptors (Lipinski definition) is 2. The highest BCUT2D eigenvalue weighted by Gasteiger charge is 2.12. The fourth-order valence-corrected chi connectivity index (χ4v) is 1.51. The van der Waals surface area contributed by atoms with Gasteiger partial charge in [-0.3, -0.25) is 4.55 Å². The Labute approximate surface area is 77.4 Å². The summed E-state index contributed by atoms with van der Waals surface area (Å²) in [6, 6.07) is 0.280. The molecular weight excluding hydrogens is 192 g/mol. The Balaban J connectivity index is 2.81. The van der Waals surface area contributed by atoms with E-state index in [0.717, 1.165) is 0 Å². The zero-order valence-electron chi connectivity index (χ0n) is 7.58. The van der Waals surface area contributed by atoms with E-state index < -0.39 is 16.0 Å². The van der Waals surface area contributed by atoms with Crippen LogP contribution < -0.4 is 4.57 Å². The Morgan fingerprint density at radius 3 is 2.54 bits per heavy atom. The second kappa shape index (κ2) is 3.47. The number of rotatable bonds is 3. The molecule has 5 nitrogen and oxygen atoms in total. The maximum atomic E-state index is 10.5. The Morgan fingerprint density at radius 2 is 2.15 bits per heavy atom. The van der Waals surface area contributed by atoms with E-state index in [9.17, 15) is 8.42 Å². The lowest BCUT2D eigenvalue weighted by atomic mass is 10.4. The third-order valence-electron chi connectivity index (χ3n) is 1.62. The van der Waals surface area contributed by atoms with Crippen LogP contribution in [0.2, 0.25) is 0 Å². The lowest BCUT2D eigenvalue weighted by Gasteiger charge is -1.96. The van der Waals surface area contributed by atoms with Gasteiger partial charge in [0.05, 0.1) is 6.04 Å². The van der Waals surface area contributed by atoms with Crippen molar-refractivity contribution in [3.8, 4) is 0 Å². The van der Waals surface area contributed by atoms with Crippen LogP contribution in [0.15, 0.2) is 18.7 Å². The van der Waals surface area contributed by atoms with Gasteiger partial charge in [-0.05, 0) is 13.8 Å². The molecule has 6 heteroatoms. The summed E-state index contributed by atoms with van der Waals surface area (Å²) in [6.07, 6.45) is 5.00. The van der Waals surface area contributed by atoms with E-state index in [4.69, 9.17) is 4.55 Å². The fraction of sp³-hybridized carbons (Fsp3) is 0.571. The number of nitrogens with zero attached hydrogens (tertiary/aromatic N) is 2. The van der Waals surface area contributed by atoms with Crippen LogP contribution in [0.5, 0.6) is 0 Å². The first-order chi connectivity index (χ1) is 5.88. The van der Waals surface area contributed by atoms with Crippen molar-refractivity contribution in [1.29, 1.82) is 0 Å². The molecule has 1 rings (SSSR count). The minimum Gasteiger partial charge on any atom is -0.283 e. The highest BCUT2D eigenvalue weighted by atomic mass is 32.2. The zero-order chi connectivity index (χ0) is 10.1. The summed E-state index contributed by atoms with van der Waals surface area (Å²) in [7, 11) is -3.94. The van der Waals surface area contributed by atoms with E-state index in [2.05, 4.69) is 0 Å². The molecule has 1 aromatic rings. The van der Waals surface area contributed by atoms with Gasteiger partial charge < -0.3 is 0 Å². The van der Waals surface area contributed by atoms with Gasteiger partial charge in [0.2, 0.25) is 12.2 Å². The molecule has 1 N–H and O–H groups in total. The summed E-state index contributed by atoms with van der Waals surface area (Å²) < 4.78 is 32.8. The fourth-order valence-electron chi connectivity index (χ4n) is 0.981. The maximum Gasteiger partial charge on any atom is 0.304 e. The smallest absolute Gasteiger partial charge is 0.283 e. The van der Waals surface area contributed by atoms with Gasteiger partial charge in [-0.15, -0.1) is 0 Å². The quantitative estimate of drug-likeness (QED) is 0.566. The average molecular weight is 205 g/mol. The molecule has 1 aromatic heterocycles. The van der Waals surface area contributed by atoms with Crippen molar-refractivity contribution in [3.63, 3.8) is 0 Å². The minimum absolute atomic E-state index is 0.280. The van der Waals surface area contributed by atoms with Crippen molar-refractivity contribution < 1.29 is 17.5 Å². The standard InChI is InChI=1S/C7H12N2O3S/c1-7(2)9-4-3-8(5-9)6-13(10,11)12/h3-5,7H,6H2,1-2H3/p+1. The second-order valence-corrected chi connectivity index (χ2v) is 4.60. The van der Waals surface area contributed by atoms with Gasteiger partial charge in [0.15, 0.2) is 0 Å². The molecule has 0 unspecified atom stereocenters. The van der Waals surface area contributed by atoms with Crippen LogP contribution >= 0.6 is 0 Å². The molecule has 1 heterocycles. The normalized spacial score (nSPS) is 12.3. The molecule has 0 aliphatic carbocycles. The monoisotopic (exact) mass is 205 g/mol. The van der Waals surface area contributed by atoms with Crippen LogP contribution in [0.25, 0.3) is 0 Å². The molecule has 0 spiro atoms. The third-order valence-corrected chi connectivity index (χ3v) is 2.24. The van der Waals surface area contributed by atoms with E-state index >= 15 is 0 Å². The number of imidazole rings is 1. The van der Waals surface area contributed by atoms with Gasteiger partial charge in [-0.1, -0.05) is 0 Å². The third kappa shape index (κ3) is 3.16. The minimum atomic E-state index is -3.94. The van der Waals surface area contributed by atoms with E-state index in [1.165, 1.54) is 4.57 Å². The summed E-state index contributed by atoms with van der Waals surface area (Å²) in [6.45, 7) is 3.97. The van der Waals surface area contributed by atoms with Crippen LogP contribution in [-0.2, 0) is 16.0 Å². The van der Waals surface area contributed by atoms with Crippen LogP contribution in [0.3, 0.4) is 0 Å². The Kier molecular flexibility index (Phi) is 2.72. The Hall–Kier alpha value is -0.880. The van der Waals surface area contributed by atoms with Crippen LogP contribution in [-0.4, -0.2) is 17.5 Å². The highest BCUT2D eigenvalue weighted by Crippen LogP contribution is 2.00. The highest BCUT2D eigenvalue weighted by molar-refractivity contribution is 7.84. The van der Waals surface area contributed by atoms with E-state index in [1.54, 1.807) is 18.7 Å². The summed E-state index contributed by atoms with van der Waals surface area (Å²) in [4.78, 5) is 0. The van der Waals surface area contributed by atoms with Gasteiger partial charge >= 0.3 is 10.1 Å². The van der Waals surface area contributed by atoms with Crippen LogP contribution in [0.4, 0.5) is 0 Å². The van der Waals surface area contributed by atoms with Crippen LogP contribution in [0, 0.1) is 0 Å². The first-order valence-electron chi connectivity index (χ1n) is 3.90. The summed E-state index contributed by atoms with van der Waals surface area (Å²) in [5, 5.41) is 0. The lowest BCUT2D eigenvalue weighted by Crippen LogP contribution is -2.35. The van der Waals surface area contributed by atoms with Crippen molar-refractivity contribution in [2.45, 2.75) is 25.8 Å². The average Bonchev–Trinajstić information content (AvgIpc) is 2.31.